The number of benzene rings is 1. The topological polar surface area (TPSA) is 12.5 Å². The summed E-state index contributed by atoms with van der Waals surface area (Å²) in [5, 5.41) is 0. The average molecular weight is 261 g/mol. The minimum absolute atomic E-state index is 0.251. The second-order valence-corrected chi connectivity index (χ2v) is 6.29. The lowest BCUT2D eigenvalue weighted by Crippen LogP contribution is -2.36. The molecule has 19 heavy (non-hydrogen) atoms. The summed E-state index contributed by atoms with van der Waals surface area (Å²) < 4.78 is 5.33. The molecule has 0 aromatic heterocycles. The Labute approximate surface area is 117 Å². The summed E-state index contributed by atoms with van der Waals surface area (Å²) in [7, 11) is 1.81. The highest BCUT2D eigenvalue weighted by Crippen LogP contribution is 2.28. The van der Waals surface area contributed by atoms with Crippen LogP contribution in [0.2, 0.25) is 0 Å². The van der Waals surface area contributed by atoms with Gasteiger partial charge in [-0.15, -0.1) is 0 Å². The van der Waals surface area contributed by atoms with Gasteiger partial charge in [0, 0.05) is 13.2 Å². The van der Waals surface area contributed by atoms with E-state index in [1.807, 2.05) is 7.11 Å². The van der Waals surface area contributed by atoms with Crippen molar-refractivity contribution < 1.29 is 4.74 Å². The first-order valence-electron chi connectivity index (χ1n) is 7.42. The standard InChI is InChI=1S/C17H27NO/c1-17(2,15-8-5-4-6-9-15)11-13-18-12-7-10-16(18)14-19-3/h4-6,8-9,16H,7,10-14H2,1-3H3/t16-/m0/s1. The van der Waals surface area contributed by atoms with Gasteiger partial charge in [0.15, 0.2) is 0 Å². The van der Waals surface area contributed by atoms with Crippen LogP contribution in [0.3, 0.4) is 0 Å². The fourth-order valence-corrected chi connectivity index (χ4v) is 3.03. The second-order valence-electron chi connectivity index (χ2n) is 6.29. The smallest absolute Gasteiger partial charge is 0.0618 e. The third-order valence-electron chi connectivity index (χ3n) is 4.44. The maximum Gasteiger partial charge on any atom is 0.0618 e. The number of nitrogens with zero attached hydrogens (tertiary/aromatic N) is 1. The molecule has 0 unspecified atom stereocenters. The SMILES string of the molecule is COC[C@@H]1CCCN1CCC(C)(C)c1ccccc1. The Hall–Kier alpha value is -0.860. The van der Waals surface area contributed by atoms with E-state index in [2.05, 4.69) is 49.1 Å². The molecule has 0 N–H and O–H groups in total. The van der Waals surface area contributed by atoms with E-state index in [9.17, 15) is 0 Å². The molecule has 1 aliphatic heterocycles. The molecule has 0 radical (unpaired) electrons. The summed E-state index contributed by atoms with van der Waals surface area (Å²) in [5.74, 6) is 0. The first-order chi connectivity index (χ1) is 9.13. The van der Waals surface area contributed by atoms with Gasteiger partial charge in [-0.1, -0.05) is 44.2 Å². The molecular weight excluding hydrogens is 234 g/mol. The predicted molar refractivity (Wildman–Crippen MR) is 80.6 cm³/mol. The van der Waals surface area contributed by atoms with Gasteiger partial charge in [0.2, 0.25) is 0 Å². The molecule has 1 fully saturated rings. The second kappa shape index (κ2) is 6.53. The van der Waals surface area contributed by atoms with Gasteiger partial charge in [-0.2, -0.15) is 0 Å². The zero-order chi connectivity index (χ0) is 13.7. The molecule has 1 atom stereocenters. The van der Waals surface area contributed by atoms with Crippen LogP contribution < -0.4 is 0 Å². The summed E-state index contributed by atoms with van der Waals surface area (Å²) in [6.45, 7) is 7.99. The summed E-state index contributed by atoms with van der Waals surface area (Å²) in [4.78, 5) is 2.61. The van der Waals surface area contributed by atoms with Crippen molar-refractivity contribution in [3.05, 3.63) is 35.9 Å². The minimum atomic E-state index is 0.251. The molecule has 2 heteroatoms. The summed E-state index contributed by atoms with van der Waals surface area (Å²) in [6, 6.07) is 11.5. The first-order valence-corrected chi connectivity index (χ1v) is 7.42. The van der Waals surface area contributed by atoms with Crippen LogP contribution in [0.15, 0.2) is 30.3 Å². The zero-order valence-electron chi connectivity index (χ0n) is 12.6. The lowest BCUT2D eigenvalue weighted by molar-refractivity contribution is 0.111. The predicted octanol–water partition coefficient (Wildman–Crippen LogP) is 3.47. The van der Waals surface area contributed by atoms with E-state index in [-0.39, 0.29) is 5.41 Å². The molecule has 1 aromatic carbocycles. The Kier molecular flexibility index (Phi) is 5.00. The number of hydrogen-bond acceptors (Lipinski definition) is 2. The zero-order valence-corrected chi connectivity index (χ0v) is 12.6. The molecule has 106 valence electrons. The fourth-order valence-electron chi connectivity index (χ4n) is 3.03. The lowest BCUT2D eigenvalue weighted by Gasteiger charge is -2.30. The highest BCUT2D eigenvalue weighted by Gasteiger charge is 2.27. The molecule has 0 bridgehead atoms. The summed E-state index contributed by atoms with van der Waals surface area (Å²) in [5.41, 5.74) is 1.69. The molecule has 0 aliphatic carbocycles. The van der Waals surface area contributed by atoms with Crippen molar-refractivity contribution >= 4 is 0 Å². The Morgan fingerprint density at radius 2 is 2.00 bits per heavy atom. The van der Waals surface area contributed by atoms with Crippen LogP contribution in [0.25, 0.3) is 0 Å². The maximum absolute atomic E-state index is 5.33. The quantitative estimate of drug-likeness (QED) is 0.777. The van der Waals surface area contributed by atoms with Gasteiger partial charge in [-0.05, 0) is 43.3 Å². The van der Waals surface area contributed by atoms with Crippen LogP contribution in [-0.2, 0) is 10.2 Å². The van der Waals surface area contributed by atoms with Crippen molar-refractivity contribution in [1.29, 1.82) is 0 Å². The Balaban J connectivity index is 1.91. The molecular formula is C17H27NO. The largest absolute Gasteiger partial charge is 0.383 e. The number of methoxy groups -OCH3 is 1. The van der Waals surface area contributed by atoms with E-state index in [0.717, 1.165) is 6.61 Å². The molecule has 0 amide bonds. The molecule has 1 saturated heterocycles. The number of ether oxygens (including phenoxy) is 1. The van der Waals surface area contributed by atoms with E-state index in [1.54, 1.807) is 0 Å². The average Bonchev–Trinajstić information content (AvgIpc) is 2.86. The van der Waals surface area contributed by atoms with Gasteiger partial charge in [0.05, 0.1) is 6.61 Å². The van der Waals surface area contributed by atoms with Crippen molar-refractivity contribution in [2.45, 2.75) is 44.6 Å². The van der Waals surface area contributed by atoms with Crippen LogP contribution in [0.5, 0.6) is 0 Å². The molecule has 1 heterocycles. The van der Waals surface area contributed by atoms with Gasteiger partial charge in [-0.3, -0.25) is 4.90 Å². The minimum Gasteiger partial charge on any atom is -0.383 e. The van der Waals surface area contributed by atoms with Crippen LogP contribution >= 0.6 is 0 Å². The number of likely N-dealkylation sites (tertiary alicyclic amines) is 1. The summed E-state index contributed by atoms with van der Waals surface area (Å²) in [6.07, 6.45) is 3.82. The Morgan fingerprint density at radius 1 is 1.26 bits per heavy atom. The van der Waals surface area contributed by atoms with Gasteiger partial charge in [0.25, 0.3) is 0 Å². The van der Waals surface area contributed by atoms with Gasteiger partial charge < -0.3 is 4.74 Å². The van der Waals surface area contributed by atoms with Gasteiger partial charge in [0.1, 0.15) is 0 Å². The van der Waals surface area contributed by atoms with E-state index in [4.69, 9.17) is 4.74 Å². The van der Waals surface area contributed by atoms with Crippen LogP contribution in [0, 0.1) is 0 Å². The van der Waals surface area contributed by atoms with Crippen LogP contribution in [-0.4, -0.2) is 37.7 Å². The highest BCUT2D eigenvalue weighted by molar-refractivity contribution is 5.23. The monoisotopic (exact) mass is 261 g/mol. The normalized spacial score (nSPS) is 20.9. The molecule has 0 spiro atoms. The van der Waals surface area contributed by atoms with Gasteiger partial charge in [-0.25, -0.2) is 0 Å². The van der Waals surface area contributed by atoms with Crippen molar-refractivity contribution in [3.8, 4) is 0 Å². The molecule has 0 saturated carbocycles. The van der Waals surface area contributed by atoms with Crippen molar-refractivity contribution in [2.24, 2.45) is 0 Å². The van der Waals surface area contributed by atoms with Gasteiger partial charge >= 0.3 is 0 Å². The molecule has 1 aromatic rings. The van der Waals surface area contributed by atoms with Crippen molar-refractivity contribution in [2.75, 3.05) is 26.8 Å². The summed E-state index contributed by atoms with van der Waals surface area (Å²) >= 11 is 0. The molecule has 1 aliphatic rings. The van der Waals surface area contributed by atoms with Crippen LogP contribution in [0.1, 0.15) is 38.7 Å². The van der Waals surface area contributed by atoms with Crippen LogP contribution in [0.4, 0.5) is 0 Å². The Bertz CT molecular complexity index is 374. The highest BCUT2D eigenvalue weighted by atomic mass is 16.5. The third-order valence-corrected chi connectivity index (χ3v) is 4.44. The van der Waals surface area contributed by atoms with Crippen molar-refractivity contribution in [3.63, 3.8) is 0 Å². The first kappa shape index (κ1) is 14.5. The fraction of sp³-hybridized carbons (Fsp3) is 0.647. The van der Waals surface area contributed by atoms with E-state index in [0.29, 0.717) is 6.04 Å². The van der Waals surface area contributed by atoms with E-state index in [1.165, 1.54) is 37.9 Å². The number of hydrogen-bond donors (Lipinski definition) is 0. The Morgan fingerprint density at radius 3 is 2.68 bits per heavy atom. The number of rotatable bonds is 6. The third kappa shape index (κ3) is 3.80. The molecule has 2 rings (SSSR count). The lowest BCUT2D eigenvalue weighted by atomic mass is 9.81. The maximum atomic E-state index is 5.33. The van der Waals surface area contributed by atoms with E-state index >= 15 is 0 Å². The van der Waals surface area contributed by atoms with E-state index < -0.39 is 0 Å². The molecule has 2 nitrogen and oxygen atoms in total. The van der Waals surface area contributed by atoms with Crippen molar-refractivity contribution in [1.82, 2.24) is 4.90 Å².